The van der Waals surface area contributed by atoms with Crippen LogP contribution >= 0.6 is 0 Å². The highest BCUT2D eigenvalue weighted by molar-refractivity contribution is 5.35. The zero-order chi connectivity index (χ0) is 13.1. The van der Waals surface area contributed by atoms with E-state index in [9.17, 15) is 0 Å². The fourth-order valence-corrected chi connectivity index (χ4v) is 3.64. The quantitative estimate of drug-likeness (QED) is 0.874. The first-order valence-corrected chi connectivity index (χ1v) is 7.81. The van der Waals surface area contributed by atoms with Crippen LogP contribution in [0.25, 0.3) is 0 Å². The molecule has 3 atom stereocenters. The van der Waals surface area contributed by atoms with Gasteiger partial charge in [-0.2, -0.15) is 0 Å². The molecule has 1 aliphatic heterocycles. The van der Waals surface area contributed by atoms with Gasteiger partial charge in [0.1, 0.15) is 0 Å². The summed E-state index contributed by atoms with van der Waals surface area (Å²) in [5, 5.41) is 3.76. The summed E-state index contributed by atoms with van der Waals surface area (Å²) >= 11 is 0. The zero-order valence-electron chi connectivity index (χ0n) is 11.9. The molecule has 19 heavy (non-hydrogen) atoms. The molecule has 3 unspecified atom stereocenters. The maximum Gasteiger partial charge on any atom is 0.0579 e. The van der Waals surface area contributed by atoms with Gasteiger partial charge in [-0.25, -0.2) is 0 Å². The highest BCUT2D eigenvalue weighted by Gasteiger charge is 2.34. The smallest absolute Gasteiger partial charge is 0.0579 e. The van der Waals surface area contributed by atoms with Crippen LogP contribution in [0.15, 0.2) is 24.3 Å². The van der Waals surface area contributed by atoms with E-state index in [0.29, 0.717) is 18.1 Å². The molecule has 0 bridgehead atoms. The van der Waals surface area contributed by atoms with Gasteiger partial charge in [-0.15, -0.1) is 0 Å². The van der Waals surface area contributed by atoms with E-state index in [-0.39, 0.29) is 0 Å². The number of hydrogen-bond acceptors (Lipinski definition) is 2. The molecule has 1 aliphatic carbocycles. The van der Waals surface area contributed by atoms with Crippen LogP contribution in [0.1, 0.15) is 49.8 Å². The van der Waals surface area contributed by atoms with Crippen molar-refractivity contribution in [1.82, 2.24) is 5.32 Å². The second-order valence-corrected chi connectivity index (χ2v) is 5.97. The van der Waals surface area contributed by atoms with Gasteiger partial charge in [0.05, 0.1) is 6.10 Å². The topological polar surface area (TPSA) is 21.3 Å². The van der Waals surface area contributed by atoms with Crippen LogP contribution in [-0.2, 0) is 11.2 Å². The third-order valence-electron chi connectivity index (χ3n) is 4.55. The lowest BCUT2D eigenvalue weighted by Gasteiger charge is -2.24. The van der Waals surface area contributed by atoms with Crippen molar-refractivity contribution in [3.63, 3.8) is 0 Å². The number of fused-ring (bicyclic) bond motifs is 1. The van der Waals surface area contributed by atoms with Gasteiger partial charge in [0.2, 0.25) is 0 Å². The van der Waals surface area contributed by atoms with Gasteiger partial charge in [-0.3, -0.25) is 0 Å². The predicted molar refractivity (Wildman–Crippen MR) is 78.3 cm³/mol. The Kier molecular flexibility index (Phi) is 4.19. The number of ether oxygens (including phenoxy) is 1. The minimum atomic E-state index is 0.505. The number of rotatable bonds is 5. The van der Waals surface area contributed by atoms with Gasteiger partial charge < -0.3 is 10.1 Å². The molecule has 2 nitrogen and oxygen atoms in total. The predicted octanol–water partition coefficient (Wildman–Crippen LogP) is 3.47. The Labute approximate surface area is 116 Å². The molecule has 0 spiro atoms. The summed E-state index contributed by atoms with van der Waals surface area (Å²) in [5.74, 6) is 0.715. The fraction of sp³-hybridized carbons (Fsp3) is 0.647. The molecule has 1 heterocycles. The van der Waals surface area contributed by atoms with Crippen LogP contribution in [-0.4, -0.2) is 19.3 Å². The summed E-state index contributed by atoms with van der Waals surface area (Å²) in [7, 11) is 0. The van der Waals surface area contributed by atoms with Crippen molar-refractivity contribution in [1.29, 1.82) is 0 Å². The molecule has 1 saturated heterocycles. The molecule has 1 N–H and O–H groups in total. The Morgan fingerprint density at radius 2 is 2.21 bits per heavy atom. The van der Waals surface area contributed by atoms with Crippen LogP contribution in [0.5, 0.6) is 0 Å². The number of benzene rings is 1. The summed E-state index contributed by atoms with van der Waals surface area (Å²) in [6, 6.07) is 9.49. The van der Waals surface area contributed by atoms with Crippen LogP contribution in [0.4, 0.5) is 0 Å². The van der Waals surface area contributed by atoms with Crippen molar-refractivity contribution >= 4 is 0 Å². The van der Waals surface area contributed by atoms with E-state index in [0.717, 1.165) is 13.2 Å². The van der Waals surface area contributed by atoms with Gasteiger partial charge in [0.25, 0.3) is 0 Å². The maximum absolute atomic E-state index is 5.84. The minimum Gasteiger partial charge on any atom is -0.378 e. The Balaban J connectivity index is 1.72. The molecular weight excluding hydrogens is 234 g/mol. The zero-order valence-corrected chi connectivity index (χ0v) is 11.9. The lowest BCUT2D eigenvalue weighted by atomic mass is 9.93. The average Bonchev–Trinajstić information content (AvgIpc) is 3.04. The van der Waals surface area contributed by atoms with Crippen LogP contribution in [0.3, 0.4) is 0 Å². The lowest BCUT2D eigenvalue weighted by molar-refractivity contribution is 0.0849. The molecule has 0 aromatic heterocycles. The molecule has 0 radical (unpaired) electrons. The molecule has 0 amide bonds. The van der Waals surface area contributed by atoms with Gasteiger partial charge in [-0.05, 0) is 55.7 Å². The minimum absolute atomic E-state index is 0.505. The van der Waals surface area contributed by atoms with E-state index in [1.165, 1.54) is 37.7 Å². The third kappa shape index (κ3) is 2.85. The largest absolute Gasteiger partial charge is 0.378 e. The maximum atomic E-state index is 5.84. The summed E-state index contributed by atoms with van der Waals surface area (Å²) in [6.07, 6.45) is 6.65. The Morgan fingerprint density at radius 3 is 3.00 bits per heavy atom. The standard InChI is InChI=1S/C17H25NO/c1-2-9-18-17-14(12-15-7-5-10-19-15)11-13-6-3-4-8-16(13)17/h3-4,6,8,14-15,17-18H,2,5,7,9-12H2,1H3. The van der Waals surface area contributed by atoms with Crippen molar-refractivity contribution in [2.45, 2.75) is 51.2 Å². The highest BCUT2D eigenvalue weighted by atomic mass is 16.5. The first-order chi connectivity index (χ1) is 9.38. The van der Waals surface area contributed by atoms with Crippen molar-refractivity contribution < 1.29 is 4.74 Å². The second-order valence-electron chi connectivity index (χ2n) is 5.97. The third-order valence-corrected chi connectivity index (χ3v) is 4.55. The van der Waals surface area contributed by atoms with E-state index in [2.05, 4.69) is 36.5 Å². The summed E-state index contributed by atoms with van der Waals surface area (Å²) in [4.78, 5) is 0. The van der Waals surface area contributed by atoms with Crippen molar-refractivity contribution in [2.24, 2.45) is 5.92 Å². The SMILES string of the molecule is CCCNC1c2ccccc2CC1CC1CCCO1. The summed E-state index contributed by atoms with van der Waals surface area (Å²) in [5.41, 5.74) is 3.07. The molecular formula is C17H25NO. The van der Waals surface area contributed by atoms with E-state index in [1.807, 2.05) is 0 Å². The average molecular weight is 259 g/mol. The van der Waals surface area contributed by atoms with Crippen LogP contribution in [0.2, 0.25) is 0 Å². The Hall–Kier alpha value is -0.860. The van der Waals surface area contributed by atoms with Gasteiger partial charge in [-0.1, -0.05) is 31.2 Å². The van der Waals surface area contributed by atoms with Gasteiger partial charge in [0, 0.05) is 12.6 Å². The Morgan fingerprint density at radius 1 is 1.32 bits per heavy atom. The molecule has 0 saturated carbocycles. The van der Waals surface area contributed by atoms with Crippen molar-refractivity contribution in [3.8, 4) is 0 Å². The lowest BCUT2D eigenvalue weighted by Crippen LogP contribution is -2.28. The van der Waals surface area contributed by atoms with E-state index < -0.39 is 0 Å². The second kappa shape index (κ2) is 6.06. The molecule has 1 aromatic carbocycles. The molecule has 1 aromatic rings. The highest BCUT2D eigenvalue weighted by Crippen LogP contribution is 2.39. The van der Waals surface area contributed by atoms with Gasteiger partial charge >= 0.3 is 0 Å². The van der Waals surface area contributed by atoms with E-state index in [1.54, 1.807) is 5.56 Å². The normalized spacial score (nSPS) is 29.6. The Bertz CT molecular complexity index is 411. The molecule has 3 rings (SSSR count). The number of hydrogen-bond donors (Lipinski definition) is 1. The molecule has 104 valence electrons. The number of nitrogens with one attached hydrogen (secondary N) is 1. The van der Waals surface area contributed by atoms with E-state index >= 15 is 0 Å². The monoisotopic (exact) mass is 259 g/mol. The summed E-state index contributed by atoms with van der Waals surface area (Å²) in [6.45, 7) is 4.32. The first-order valence-electron chi connectivity index (χ1n) is 7.81. The van der Waals surface area contributed by atoms with Crippen molar-refractivity contribution in [2.75, 3.05) is 13.2 Å². The fourth-order valence-electron chi connectivity index (χ4n) is 3.64. The van der Waals surface area contributed by atoms with E-state index in [4.69, 9.17) is 4.74 Å². The molecule has 2 aliphatic rings. The molecule has 1 fully saturated rings. The molecule has 2 heteroatoms. The van der Waals surface area contributed by atoms with Crippen LogP contribution < -0.4 is 5.32 Å². The van der Waals surface area contributed by atoms with Gasteiger partial charge in [0.15, 0.2) is 0 Å². The van der Waals surface area contributed by atoms with Crippen molar-refractivity contribution in [3.05, 3.63) is 35.4 Å². The summed E-state index contributed by atoms with van der Waals surface area (Å²) < 4.78 is 5.84. The van der Waals surface area contributed by atoms with Crippen LogP contribution in [0, 0.1) is 5.92 Å². The first kappa shape index (κ1) is 13.1.